The van der Waals surface area contributed by atoms with Gasteiger partial charge in [0, 0.05) is 12.8 Å². The van der Waals surface area contributed by atoms with E-state index in [2.05, 4.69) is 32.6 Å². The maximum Gasteiger partial charge on any atom is 0.00886 e. The predicted octanol–water partition coefficient (Wildman–Crippen LogP) is 5.96. The van der Waals surface area contributed by atoms with Gasteiger partial charge in [-0.25, -0.2) is 0 Å². The molecular formula is C17H32. The lowest BCUT2D eigenvalue weighted by Gasteiger charge is -2.02. The average molecular weight is 236 g/mol. The Morgan fingerprint density at radius 3 is 1.76 bits per heavy atom. The van der Waals surface area contributed by atoms with Crippen LogP contribution in [0.1, 0.15) is 91.4 Å². The molecule has 0 atom stereocenters. The molecule has 0 unspecified atom stereocenters. The van der Waals surface area contributed by atoms with Gasteiger partial charge in [0.2, 0.25) is 0 Å². The third kappa shape index (κ3) is 15.6. The van der Waals surface area contributed by atoms with Crippen LogP contribution in [-0.2, 0) is 0 Å². The SMILES string of the molecule is CCCCCCC#CCCCCCCC(C)C. The molecule has 0 saturated carbocycles. The quantitative estimate of drug-likeness (QED) is 0.324. The third-order valence-corrected chi connectivity index (χ3v) is 3.11. The number of hydrogen-bond acceptors (Lipinski definition) is 0. The second kappa shape index (κ2) is 13.6. The standard InChI is InChI=1S/C17H32/c1-4-5-6-7-8-9-10-11-12-13-14-15-16-17(2)3/h17H,4-8,11-16H2,1-3H3. The van der Waals surface area contributed by atoms with Gasteiger partial charge in [0.15, 0.2) is 0 Å². The number of unbranched alkanes of at least 4 members (excludes halogenated alkanes) is 8. The van der Waals surface area contributed by atoms with E-state index in [0.717, 1.165) is 18.8 Å². The molecule has 0 saturated heterocycles. The van der Waals surface area contributed by atoms with Gasteiger partial charge < -0.3 is 0 Å². The maximum absolute atomic E-state index is 3.31. The van der Waals surface area contributed by atoms with E-state index in [4.69, 9.17) is 0 Å². The van der Waals surface area contributed by atoms with Crippen LogP contribution in [0, 0.1) is 17.8 Å². The molecule has 0 spiro atoms. The van der Waals surface area contributed by atoms with Gasteiger partial charge in [-0.1, -0.05) is 65.7 Å². The highest BCUT2D eigenvalue weighted by Crippen LogP contribution is 2.10. The highest BCUT2D eigenvalue weighted by atomic mass is 14.0. The van der Waals surface area contributed by atoms with Crippen LogP contribution in [0.15, 0.2) is 0 Å². The third-order valence-electron chi connectivity index (χ3n) is 3.11. The van der Waals surface area contributed by atoms with Crippen LogP contribution in [0.4, 0.5) is 0 Å². The molecule has 0 aliphatic heterocycles. The summed E-state index contributed by atoms with van der Waals surface area (Å²) < 4.78 is 0. The van der Waals surface area contributed by atoms with Crippen LogP contribution in [0.3, 0.4) is 0 Å². The molecule has 0 bridgehead atoms. The lowest BCUT2D eigenvalue weighted by molar-refractivity contribution is 0.521. The van der Waals surface area contributed by atoms with Gasteiger partial charge >= 0.3 is 0 Å². The summed E-state index contributed by atoms with van der Waals surface area (Å²) in [5.74, 6) is 7.49. The molecule has 0 aromatic heterocycles. The minimum atomic E-state index is 0.873. The predicted molar refractivity (Wildman–Crippen MR) is 79.1 cm³/mol. The molecule has 0 heteroatoms. The van der Waals surface area contributed by atoms with Crippen LogP contribution in [-0.4, -0.2) is 0 Å². The van der Waals surface area contributed by atoms with Crippen molar-refractivity contribution in [3.05, 3.63) is 0 Å². The zero-order valence-corrected chi connectivity index (χ0v) is 12.4. The first-order valence-electron chi connectivity index (χ1n) is 7.73. The van der Waals surface area contributed by atoms with Gasteiger partial charge in [0.05, 0.1) is 0 Å². The Bertz CT molecular complexity index is 192. The van der Waals surface area contributed by atoms with Crippen molar-refractivity contribution in [1.29, 1.82) is 0 Å². The number of rotatable bonds is 10. The zero-order valence-electron chi connectivity index (χ0n) is 12.4. The minimum Gasteiger partial charge on any atom is -0.103 e. The Labute approximate surface area is 110 Å². The fraction of sp³-hybridized carbons (Fsp3) is 0.882. The van der Waals surface area contributed by atoms with Crippen LogP contribution in [0.5, 0.6) is 0 Å². The summed E-state index contributed by atoms with van der Waals surface area (Å²) in [6.07, 6.45) is 14.5. The topological polar surface area (TPSA) is 0 Å². The summed E-state index contributed by atoms with van der Waals surface area (Å²) in [6, 6.07) is 0. The van der Waals surface area contributed by atoms with Crippen LogP contribution in [0.25, 0.3) is 0 Å². The van der Waals surface area contributed by atoms with E-state index >= 15 is 0 Å². The lowest BCUT2D eigenvalue weighted by Crippen LogP contribution is -1.86. The van der Waals surface area contributed by atoms with E-state index in [1.165, 1.54) is 57.8 Å². The minimum absolute atomic E-state index is 0.873. The van der Waals surface area contributed by atoms with Gasteiger partial charge in [-0.2, -0.15) is 0 Å². The molecular weight excluding hydrogens is 204 g/mol. The summed E-state index contributed by atoms with van der Waals surface area (Å²) in [5.41, 5.74) is 0. The lowest BCUT2D eigenvalue weighted by atomic mass is 10.0. The molecule has 0 nitrogen and oxygen atoms in total. The summed E-state index contributed by atoms with van der Waals surface area (Å²) in [7, 11) is 0. The van der Waals surface area contributed by atoms with Gasteiger partial charge in [0.25, 0.3) is 0 Å². The van der Waals surface area contributed by atoms with E-state index in [1.54, 1.807) is 0 Å². The summed E-state index contributed by atoms with van der Waals surface area (Å²) in [5, 5.41) is 0. The van der Waals surface area contributed by atoms with Gasteiger partial charge in [-0.05, 0) is 18.8 Å². The first kappa shape index (κ1) is 16.6. The molecule has 0 N–H and O–H groups in total. The smallest absolute Gasteiger partial charge is 0.00886 e. The van der Waals surface area contributed by atoms with Crippen molar-refractivity contribution in [2.24, 2.45) is 5.92 Å². The molecule has 0 rings (SSSR count). The first-order valence-corrected chi connectivity index (χ1v) is 7.73. The fourth-order valence-electron chi connectivity index (χ4n) is 1.94. The average Bonchev–Trinajstić information content (AvgIpc) is 2.30. The Hall–Kier alpha value is -0.440. The van der Waals surface area contributed by atoms with Gasteiger partial charge in [-0.15, -0.1) is 11.8 Å². The molecule has 0 amide bonds. The molecule has 17 heavy (non-hydrogen) atoms. The second-order valence-corrected chi connectivity index (χ2v) is 5.51. The highest BCUT2D eigenvalue weighted by molar-refractivity contribution is 4.98. The molecule has 0 aromatic rings. The highest BCUT2D eigenvalue weighted by Gasteiger charge is 1.93. The van der Waals surface area contributed by atoms with E-state index < -0.39 is 0 Å². The van der Waals surface area contributed by atoms with E-state index in [1.807, 2.05) is 0 Å². The molecule has 100 valence electrons. The largest absolute Gasteiger partial charge is 0.103 e. The van der Waals surface area contributed by atoms with E-state index in [9.17, 15) is 0 Å². The number of hydrogen-bond donors (Lipinski definition) is 0. The van der Waals surface area contributed by atoms with Crippen LogP contribution in [0.2, 0.25) is 0 Å². The van der Waals surface area contributed by atoms with Crippen molar-refractivity contribution < 1.29 is 0 Å². The molecule has 0 fully saturated rings. The Balaban J connectivity index is 3.09. The summed E-state index contributed by atoms with van der Waals surface area (Å²) in [4.78, 5) is 0. The van der Waals surface area contributed by atoms with Crippen molar-refractivity contribution >= 4 is 0 Å². The van der Waals surface area contributed by atoms with Crippen molar-refractivity contribution in [2.75, 3.05) is 0 Å². The Morgan fingerprint density at radius 2 is 1.24 bits per heavy atom. The molecule has 0 aliphatic rings. The van der Waals surface area contributed by atoms with Gasteiger partial charge in [-0.3, -0.25) is 0 Å². The second-order valence-electron chi connectivity index (χ2n) is 5.51. The normalized spacial score (nSPS) is 10.4. The zero-order chi connectivity index (χ0) is 12.8. The Morgan fingerprint density at radius 1 is 0.706 bits per heavy atom. The van der Waals surface area contributed by atoms with E-state index in [-0.39, 0.29) is 0 Å². The van der Waals surface area contributed by atoms with Crippen LogP contribution >= 0.6 is 0 Å². The Kier molecular flexibility index (Phi) is 13.3. The molecule has 0 heterocycles. The van der Waals surface area contributed by atoms with E-state index in [0.29, 0.717) is 0 Å². The maximum atomic E-state index is 3.31. The summed E-state index contributed by atoms with van der Waals surface area (Å²) in [6.45, 7) is 6.87. The van der Waals surface area contributed by atoms with Crippen LogP contribution < -0.4 is 0 Å². The monoisotopic (exact) mass is 236 g/mol. The van der Waals surface area contributed by atoms with Gasteiger partial charge in [0.1, 0.15) is 0 Å². The molecule has 0 aromatic carbocycles. The van der Waals surface area contributed by atoms with Crippen molar-refractivity contribution in [3.8, 4) is 11.8 Å². The molecule has 0 radical (unpaired) electrons. The van der Waals surface area contributed by atoms with Crippen molar-refractivity contribution in [1.82, 2.24) is 0 Å². The fourth-order valence-corrected chi connectivity index (χ4v) is 1.94. The first-order chi connectivity index (χ1) is 8.27. The summed E-state index contributed by atoms with van der Waals surface area (Å²) >= 11 is 0. The molecule has 0 aliphatic carbocycles. The van der Waals surface area contributed by atoms with Crippen molar-refractivity contribution in [2.45, 2.75) is 91.4 Å². The van der Waals surface area contributed by atoms with Crippen molar-refractivity contribution in [3.63, 3.8) is 0 Å².